The van der Waals surface area contributed by atoms with Crippen molar-refractivity contribution in [1.29, 1.82) is 0 Å². The summed E-state index contributed by atoms with van der Waals surface area (Å²) in [6.45, 7) is 5.59. The molecule has 0 radical (unpaired) electrons. The molecule has 1 unspecified atom stereocenters. The zero-order chi connectivity index (χ0) is 13.9. The maximum absolute atomic E-state index is 11.3. The minimum Gasteiger partial charge on any atom is -0.311 e. The summed E-state index contributed by atoms with van der Waals surface area (Å²) in [7, 11) is -2.80. The third-order valence-corrected chi connectivity index (χ3v) is 5.18. The number of rotatable bonds is 6. The van der Waals surface area contributed by atoms with Gasteiger partial charge in [-0.05, 0) is 6.42 Å². The van der Waals surface area contributed by atoms with E-state index in [0.717, 1.165) is 44.0 Å². The van der Waals surface area contributed by atoms with Gasteiger partial charge in [-0.1, -0.05) is 13.8 Å². The van der Waals surface area contributed by atoms with E-state index in [1.54, 1.807) is 0 Å². The van der Waals surface area contributed by atoms with E-state index in [4.69, 9.17) is 0 Å². The Balaban J connectivity index is 1.84. The third-order valence-electron chi connectivity index (χ3n) is 3.41. The van der Waals surface area contributed by atoms with Crippen molar-refractivity contribution in [3.63, 3.8) is 0 Å². The Morgan fingerprint density at radius 1 is 1.37 bits per heavy atom. The average Bonchev–Trinajstić information content (AvgIpc) is 2.92. The van der Waals surface area contributed by atoms with Crippen molar-refractivity contribution in [2.45, 2.75) is 45.7 Å². The second kappa shape index (κ2) is 6.00. The van der Waals surface area contributed by atoms with E-state index in [9.17, 15) is 8.42 Å². The summed E-state index contributed by atoms with van der Waals surface area (Å²) < 4.78 is 24.6. The van der Waals surface area contributed by atoms with Gasteiger partial charge in [-0.3, -0.25) is 0 Å². The van der Waals surface area contributed by atoms with E-state index in [1.807, 2.05) is 11.6 Å². The van der Waals surface area contributed by atoms with Crippen molar-refractivity contribution in [3.05, 3.63) is 11.6 Å². The van der Waals surface area contributed by atoms with Crippen molar-refractivity contribution in [2.75, 3.05) is 18.1 Å². The first-order chi connectivity index (χ1) is 9.04. The second-order valence-corrected chi connectivity index (χ2v) is 7.16. The van der Waals surface area contributed by atoms with E-state index in [0.29, 0.717) is 5.75 Å². The number of aryl methyl sites for hydroxylation is 2. The van der Waals surface area contributed by atoms with E-state index < -0.39 is 9.84 Å². The van der Waals surface area contributed by atoms with Crippen molar-refractivity contribution in [1.82, 2.24) is 20.1 Å². The van der Waals surface area contributed by atoms with Crippen LogP contribution in [-0.4, -0.2) is 47.3 Å². The molecule has 7 heteroatoms. The molecular weight excluding hydrogens is 264 g/mol. The van der Waals surface area contributed by atoms with Gasteiger partial charge in [0.05, 0.1) is 18.1 Å². The summed E-state index contributed by atoms with van der Waals surface area (Å²) in [5, 5.41) is 7.74. The Kier molecular flexibility index (Phi) is 4.57. The zero-order valence-corrected chi connectivity index (χ0v) is 12.4. The molecule has 1 aromatic heterocycles. The SMILES string of the molecule is CCc1nc(CC)n(CCNC2CCS(=O)(=O)C2)n1. The van der Waals surface area contributed by atoms with Gasteiger partial charge in [-0.25, -0.2) is 18.1 Å². The molecule has 0 bridgehead atoms. The zero-order valence-electron chi connectivity index (χ0n) is 11.6. The first-order valence-electron chi connectivity index (χ1n) is 6.90. The molecule has 1 atom stereocenters. The normalized spacial score (nSPS) is 21.9. The predicted molar refractivity (Wildman–Crippen MR) is 73.8 cm³/mol. The van der Waals surface area contributed by atoms with Crippen LogP contribution in [0.3, 0.4) is 0 Å². The van der Waals surface area contributed by atoms with Gasteiger partial charge in [0.2, 0.25) is 0 Å². The molecule has 0 spiro atoms. The van der Waals surface area contributed by atoms with E-state index >= 15 is 0 Å². The molecule has 19 heavy (non-hydrogen) atoms. The first kappa shape index (κ1) is 14.5. The average molecular weight is 286 g/mol. The van der Waals surface area contributed by atoms with E-state index in [1.165, 1.54) is 0 Å². The van der Waals surface area contributed by atoms with Gasteiger partial charge >= 0.3 is 0 Å². The summed E-state index contributed by atoms with van der Waals surface area (Å²) in [5.74, 6) is 2.46. The highest BCUT2D eigenvalue weighted by Crippen LogP contribution is 2.11. The largest absolute Gasteiger partial charge is 0.311 e. The highest BCUT2D eigenvalue weighted by molar-refractivity contribution is 7.91. The Hall–Kier alpha value is -0.950. The predicted octanol–water partition coefficient (Wildman–Crippen LogP) is 0.180. The Bertz CT molecular complexity index is 524. The van der Waals surface area contributed by atoms with Crippen molar-refractivity contribution in [3.8, 4) is 0 Å². The van der Waals surface area contributed by atoms with Gasteiger partial charge in [0.25, 0.3) is 0 Å². The molecule has 1 aliphatic rings. The highest BCUT2D eigenvalue weighted by Gasteiger charge is 2.27. The fourth-order valence-corrected chi connectivity index (χ4v) is 4.05. The molecule has 0 aliphatic carbocycles. The lowest BCUT2D eigenvalue weighted by molar-refractivity contribution is 0.488. The molecule has 108 valence electrons. The van der Waals surface area contributed by atoms with Crippen LogP contribution in [-0.2, 0) is 29.2 Å². The molecule has 2 heterocycles. The molecule has 1 aromatic rings. The fraction of sp³-hybridized carbons (Fsp3) is 0.833. The first-order valence-corrected chi connectivity index (χ1v) is 8.72. The van der Waals surface area contributed by atoms with Gasteiger partial charge in [0.15, 0.2) is 15.7 Å². The lowest BCUT2D eigenvalue weighted by Gasteiger charge is -2.11. The number of hydrogen-bond donors (Lipinski definition) is 1. The van der Waals surface area contributed by atoms with Crippen LogP contribution in [0.1, 0.15) is 31.9 Å². The number of hydrogen-bond acceptors (Lipinski definition) is 5. The Morgan fingerprint density at radius 2 is 2.16 bits per heavy atom. The summed E-state index contributed by atoms with van der Waals surface area (Å²) in [5.41, 5.74) is 0. The lowest BCUT2D eigenvalue weighted by atomic mass is 10.2. The molecule has 0 aromatic carbocycles. The lowest BCUT2D eigenvalue weighted by Crippen LogP contribution is -2.33. The highest BCUT2D eigenvalue weighted by atomic mass is 32.2. The Labute approximate surface area is 114 Å². The molecule has 6 nitrogen and oxygen atoms in total. The number of aromatic nitrogens is 3. The minimum atomic E-state index is -2.80. The van der Waals surface area contributed by atoms with E-state index in [-0.39, 0.29) is 11.8 Å². The van der Waals surface area contributed by atoms with Crippen LogP contribution in [0.5, 0.6) is 0 Å². The minimum absolute atomic E-state index is 0.101. The van der Waals surface area contributed by atoms with Crippen molar-refractivity contribution >= 4 is 9.84 Å². The van der Waals surface area contributed by atoms with Crippen LogP contribution in [0, 0.1) is 0 Å². The van der Waals surface area contributed by atoms with Gasteiger partial charge in [0, 0.05) is 25.4 Å². The van der Waals surface area contributed by atoms with Gasteiger partial charge in [-0.2, -0.15) is 5.10 Å². The topological polar surface area (TPSA) is 76.9 Å². The quantitative estimate of drug-likeness (QED) is 0.807. The molecular formula is C12H22N4O2S. The van der Waals surface area contributed by atoms with Crippen LogP contribution < -0.4 is 5.32 Å². The van der Waals surface area contributed by atoms with Crippen LogP contribution in [0.2, 0.25) is 0 Å². The fourth-order valence-electron chi connectivity index (χ4n) is 2.35. The summed E-state index contributed by atoms with van der Waals surface area (Å²) in [4.78, 5) is 4.45. The Morgan fingerprint density at radius 3 is 2.74 bits per heavy atom. The van der Waals surface area contributed by atoms with Gasteiger partial charge in [0.1, 0.15) is 5.82 Å². The monoisotopic (exact) mass is 286 g/mol. The van der Waals surface area contributed by atoms with Gasteiger partial charge < -0.3 is 5.32 Å². The van der Waals surface area contributed by atoms with Crippen LogP contribution >= 0.6 is 0 Å². The number of nitrogens with one attached hydrogen (secondary N) is 1. The summed E-state index contributed by atoms with van der Waals surface area (Å²) in [6, 6.07) is 0.101. The van der Waals surface area contributed by atoms with Crippen LogP contribution in [0.15, 0.2) is 0 Å². The number of nitrogens with zero attached hydrogens (tertiary/aromatic N) is 3. The smallest absolute Gasteiger partial charge is 0.151 e. The molecule has 0 amide bonds. The molecule has 2 rings (SSSR count). The molecule has 0 saturated carbocycles. The molecule has 1 saturated heterocycles. The maximum atomic E-state index is 11.3. The van der Waals surface area contributed by atoms with Crippen LogP contribution in [0.25, 0.3) is 0 Å². The van der Waals surface area contributed by atoms with Crippen molar-refractivity contribution in [2.24, 2.45) is 0 Å². The van der Waals surface area contributed by atoms with Gasteiger partial charge in [-0.15, -0.1) is 0 Å². The summed E-state index contributed by atoms with van der Waals surface area (Å²) in [6.07, 6.45) is 2.43. The molecule has 1 aliphatic heterocycles. The molecule has 1 N–H and O–H groups in total. The van der Waals surface area contributed by atoms with Crippen molar-refractivity contribution < 1.29 is 8.42 Å². The maximum Gasteiger partial charge on any atom is 0.151 e. The number of sulfone groups is 1. The standard InChI is InChI=1S/C12H22N4O2S/c1-3-11-14-12(4-2)16(15-11)7-6-13-10-5-8-19(17,18)9-10/h10,13H,3-9H2,1-2H3. The second-order valence-electron chi connectivity index (χ2n) is 4.93. The molecule has 1 fully saturated rings. The van der Waals surface area contributed by atoms with E-state index in [2.05, 4.69) is 22.3 Å². The third kappa shape index (κ3) is 3.76. The summed E-state index contributed by atoms with van der Waals surface area (Å²) >= 11 is 0. The van der Waals surface area contributed by atoms with Crippen LogP contribution in [0.4, 0.5) is 0 Å².